The van der Waals surface area contributed by atoms with Gasteiger partial charge in [-0.25, -0.2) is 0 Å². The Morgan fingerprint density at radius 2 is 1.44 bits per heavy atom. The molecule has 36 heavy (non-hydrogen) atoms. The molecular weight excluding hydrogens is 456 g/mol. The molecule has 0 bridgehead atoms. The van der Waals surface area contributed by atoms with Gasteiger partial charge in [0.2, 0.25) is 11.8 Å². The third kappa shape index (κ3) is 7.07. The summed E-state index contributed by atoms with van der Waals surface area (Å²) in [5.74, 6) is 0.918. The van der Waals surface area contributed by atoms with E-state index in [0.717, 1.165) is 31.4 Å². The molecule has 2 aromatic carbocycles. The summed E-state index contributed by atoms with van der Waals surface area (Å²) < 4.78 is 5.41. The average molecular weight is 493 g/mol. The maximum absolute atomic E-state index is 12.7. The van der Waals surface area contributed by atoms with Gasteiger partial charge in [-0.2, -0.15) is 0 Å². The number of nitrogens with zero attached hydrogens (tertiary/aromatic N) is 2. The number of anilines is 2. The van der Waals surface area contributed by atoms with E-state index < -0.39 is 0 Å². The molecule has 8 heteroatoms. The fourth-order valence-electron chi connectivity index (χ4n) is 4.85. The molecule has 0 radical (unpaired) electrons. The summed E-state index contributed by atoms with van der Waals surface area (Å²) in [5.41, 5.74) is 1.82. The highest BCUT2D eigenvalue weighted by molar-refractivity contribution is 6.04. The first-order valence-electron chi connectivity index (χ1n) is 13.0. The maximum Gasteiger partial charge on any atom is 0.255 e. The minimum Gasteiger partial charge on any atom is -0.494 e. The number of piperazine rings is 1. The second kappa shape index (κ2) is 12.5. The van der Waals surface area contributed by atoms with Gasteiger partial charge in [-0.05, 0) is 68.3 Å². The Kier molecular flexibility index (Phi) is 8.95. The van der Waals surface area contributed by atoms with Gasteiger partial charge in [0.05, 0.1) is 13.2 Å². The van der Waals surface area contributed by atoms with Gasteiger partial charge in [0.15, 0.2) is 0 Å². The van der Waals surface area contributed by atoms with E-state index in [-0.39, 0.29) is 24.3 Å². The van der Waals surface area contributed by atoms with Crippen molar-refractivity contribution in [3.8, 4) is 5.75 Å². The predicted molar refractivity (Wildman–Crippen MR) is 140 cm³/mol. The van der Waals surface area contributed by atoms with Crippen LogP contribution in [0.3, 0.4) is 0 Å². The van der Waals surface area contributed by atoms with Crippen molar-refractivity contribution in [1.82, 2.24) is 9.80 Å². The van der Waals surface area contributed by atoms with Crippen molar-refractivity contribution in [2.75, 3.05) is 50.0 Å². The Hall–Kier alpha value is -3.39. The lowest BCUT2D eigenvalue weighted by atomic mass is 9.88. The van der Waals surface area contributed by atoms with Gasteiger partial charge in [-0.1, -0.05) is 19.3 Å². The second-order valence-corrected chi connectivity index (χ2v) is 9.47. The zero-order valence-electron chi connectivity index (χ0n) is 21.0. The van der Waals surface area contributed by atoms with Crippen molar-refractivity contribution >= 4 is 29.1 Å². The molecule has 2 aliphatic rings. The van der Waals surface area contributed by atoms with E-state index in [1.807, 2.05) is 24.0 Å². The highest BCUT2D eigenvalue weighted by atomic mass is 16.5. The third-order valence-corrected chi connectivity index (χ3v) is 6.86. The zero-order chi connectivity index (χ0) is 25.3. The number of hydrogen-bond acceptors (Lipinski definition) is 5. The van der Waals surface area contributed by atoms with Gasteiger partial charge in [-0.15, -0.1) is 0 Å². The van der Waals surface area contributed by atoms with Crippen LogP contribution in [0.15, 0.2) is 48.5 Å². The van der Waals surface area contributed by atoms with Gasteiger partial charge < -0.3 is 20.3 Å². The predicted octanol–water partition coefficient (Wildman–Crippen LogP) is 4.00. The Balaban J connectivity index is 1.20. The molecule has 3 amide bonds. The summed E-state index contributed by atoms with van der Waals surface area (Å²) in [6.45, 7) is 5.57. The Labute approximate surface area is 213 Å². The van der Waals surface area contributed by atoms with E-state index in [4.69, 9.17) is 4.74 Å². The van der Waals surface area contributed by atoms with Gasteiger partial charge >= 0.3 is 0 Å². The van der Waals surface area contributed by atoms with Gasteiger partial charge in [0, 0.05) is 49.0 Å². The Bertz CT molecular complexity index is 1020. The van der Waals surface area contributed by atoms with Crippen LogP contribution in [0.25, 0.3) is 0 Å². The average Bonchev–Trinajstić information content (AvgIpc) is 2.91. The lowest BCUT2D eigenvalue weighted by Gasteiger charge is -2.36. The fourth-order valence-corrected chi connectivity index (χ4v) is 4.85. The normalized spacial score (nSPS) is 16.9. The summed E-state index contributed by atoms with van der Waals surface area (Å²) in [6, 6.07) is 14.0. The lowest BCUT2D eigenvalue weighted by Crippen LogP contribution is -2.52. The van der Waals surface area contributed by atoms with E-state index in [1.165, 1.54) is 6.42 Å². The molecule has 0 spiro atoms. The highest BCUT2D eigenvalue weighted by Crippen LogP contribution is 2.26. The van der Waals surface area contributed by atoms with Crippen molar-refractivity contribution in [2.24, 2.45) is 5.92 Å². The van der Waals surface area contributed by atoms with Crippen molar-refractivity contribution in [3.05, 3.63) is 54.1 Å². The number of ether oxygens (including phenoxy) is 1. The number of hydrogen-bond donors (Lipinski definition) is 2. The summed E-state index contributed by atoms with van der Waals surface area (Å²) in [5, 5.41) is 5.76. The molecule has 1 aliphatic heterocycles. The molecule has 0 atom stereocenters. The van der Waals surface area contributed by atoms with E-state index in [9.17, 15) is 14.4 Å². The first-order chi connectivity index (χ1) is 17.5. The summed E-state index contributed by atoms with van der Waals surface area (Å²) in [6.07, 6.45) is 5.59. The Morgan fingerprint density at radius 3 is 2.08 bits per heavy atom. The molecule has 2 aromatic rings. The van der Waals surface area contributed by atoms with Crippen LogP contribution in [-0.2, 0) is 9.59 Å². The molecule has 192 valence electrons. The van der Waals surface area contributed by atoms with Crippen LogP contribution >= 0.6 is 0 Å². The van der Waals surface area contributed by atoms with Gasteiger partial charge in [0.25, 0.3) is 5.91 Å². The number of benzene rings is 2. The summed E-state index contributed by atoms with van der Waals surface area (Å²) in [4.78, 5) is 41.9. The summed E-state index contributed by atoms with van der Waals surface area (Å²) >= 11 is 0. The van der Waals surface area contributed by atoms with Crippen molar-refractivity contribution in [2.45, 2.75) is 39.0 Å². The quantitative estimate of drug-likeness (QED) is 0.581. The molecule has 2 fully saturated rings. The molecule has 8 nitrogen and oxygen atoms in total. The van der Waals surface area contributed by atoms with Crippen LogP contribution in [-0.4, -0.2) is 66.9 Å². The molecule has 2 N–H and O–H groups in total. The number of carbonyl (C=O) groups excluding carboxylic acids is 3. The van der Waals surface area contributed by atoms with Crippen molar-refractivity contribution in [1.29, 1.82) is 0 Å². The summed E-state index contributed by atoms with van der Waals surface area (Å²) in [7, 11) is 0. The standard InChI is InChI=1S/C28H36N4O4/c1-2-36-25-14-12-24(13-15-25)30-27(34)21-8-10-23(11-9-21)29-26(33)20-31-16-18-32(19-17-31)28(35)22-6-4-3-5-7-22/h8-15,22H,2-7,16-20H2,1H3,(H,29,33)(H,30,34). The van der Waals surface area contributed by atoms with Crippen LogP contribution in [0.1, 0.15) is 49.4 Å². The minimum absolute atomic E-state index is 0.103. The van der Waals surface area contributed by atoms with Crippen LogP contribution in [0, 0.1) is 5.92 Å². The number of carbonyl (C=O) groups is 3. The van der Waals surface area contributed by atoms with Crippen LogP contribution in [0.2, 0.25) is 0 Å². The van der Waals surface area contributed by atoms with E-state index in [0.29, 0.717) is 55.6 Å². The first-order valence-corrected chi connectivity index (χ1v) is 13.0. The molecule has 0 aromatic heterocycles. The zero-order valence-corrected chi connectivity index (χ0v) is 21.0. The van der Waals surface area contributed by atoms with E-state index in [1.54, 1.807) is 36.4 Å². The van der Waals surface area contributed by atoms with Gasteiger partial charge in [-0.3, -0.25) is 19.3 Å². The minimum atomic E-state index is -0.224. The number of rotatable bonds is 8. The fraction of sp³-hybridized carbons (Fsp3) is 0.464. The van der Waals surface area contributed by atoms with Crippen LogP contribution < -0.4 is 15.4 Å². The molecular formula is C28H36N4O4. The third-order valence-electron chi connectivity index (χ3n) is 6.86. The molecule has 1 aliphatic carbocycles. The second-order valence-electron chi connectivity index (χ2n) is 9.47. The van der Waals surface area contributed by atoms with Crippen LogP contribution in [0.4, 0.5) is 11.4 Å². The maximum atomic E-state index is 12.7. The lowest BCUT2D eigenvalue weighted by molar-refractivity contribution is -0.138. The number of amides is 3. The molecule has 4 rings (SSSR count). The van der Waals surface area contributed by atoms with Crippen molar-refractivity contribution in [3.63, 3.8) is 0 Å². The molecule has 1 saturated heterocycles. The van der Waals surface area contributed by atoms with Crippen LogP contribution in [0.5, 0.6) is 5.75 Å². The van der Waals surface area contributed by atoms with E-state index in [2.05, 4.69) is 15.5 Å². The molecule has 1 heterocycles. The molecule has 0 unspecified atom stereocenters. The smallest absolute Gasteiger partial charge is 0.255 e. The highest BCUT2D eigenvalue weighted by Gasteiger charge is 2.28. The van der Waals surface area contributed by atoms with Crippen molar-refractivity contribution < 1.29 is 19.1 Å². The number of nitrogens with one attached hydrogen (secondary N) is 2. The monoisotopic (exact) mass is 492 g/mol. The Morgan fingerprint density at radius 1 is 0.833 bits per heavy atom. The largest absolute Gasteiger partial charge is 0.494 e. The topological polar surface area (TPSA) is 91.0 Å². The van der Waals surface area contributed by atoms with E-state index >= 15 is 0 Å². The SMILES string of the molecule is CCOc1ccc(NC(=O)c2ccc(NC(=O)CN3CCN(C(=O)C4CCCCC4)CC3)cc2)cc1. The molecule has 1 saturated carbocycles. The van der Waals surface area contributed by atoms with Gasteiger partial charge in [0.1, 0.15) is 5.75 Å². The first kappa shape index (κ1) is 25.7.